The number of hydrogen-bond acceptors (Lipinski definition) is 2. The molecule has 76 valence electrons. The molecule has 0 radical (unpaired) electrons. The first kappa shape index (κ1) is 11.9. The fraction of sp³-hybridized carbons (Fsp3) is 0.778. The van der Waals surface area contributed by atoms with Crippen molar-refractivity contribution in [1.82, 2.24) is 4.90 Å². The topological polar surface area (TPSA) is 57.6 Å². The summed E-state index contributed by atoms with van der Waals surface area (Å²) in [6.45, 7) is 7.04. The van der Waals surface area contributed by atoms with Gasteiger partial charge < -0.3 is 10.0 Å². The van der Waals surface area contributed by atoms with E-state index in [4.69, 9.17) is 5.11 Å². The molecule has 1 amide bonds. The molecule has 0 aromatic heterocycles. The Labute approximate surface area is 78.5 Å². The lowest BCUT2D eigenvalue weighted by Gasteiger charge is -2.21. The second-order valence-corrected chi connectivity index (χ2v) is 3.40. The monoisotopic (exact) mass is 187 g/mol. The molecule has 0 aromatic rings. The number of carboxylic acid groups (broad SMARTS) is 1. The Morgan fingerprint density at radius 1 is 1.38 bits per heavy atom. The van der Waals surface area contributed by atoms with Crippen molar-refractivity contribution in [3.63, 3.8) is 0 Å². The molecule has 0 fully saturated rings. The van der Waals surface area contributed by atoms with Gasteiger partial charge in [0.25, 0.3) is 0 Å². The van der Waals surface area contributed by atoms with E-state index in [1.807, 2.05) is 20.8 Å². The third-order valence-electron chi connectivity index (χ3n) is 1.62. The summed E-state index contributed by atoms with van der Waals surface area (Å²) in [5.41, 5.74) is 0. The van der Waals surface area contributed by atoms with Crippen molar-refractivity contribution in [2.45, 2.75) is 27.2 Å². The number of rotatable bonds is 5. The highest BCUT2D eigenvalue weighted by molar-refractivity contribution is 5.93. The van der Waals surface area contributed by atoms with E-state index in [0.717, 1.165) is 0 Å². The van der Waals surface area contributed by atoms with Gasteiger partial charge in [0, 0.05) is 13.1 Å². The first-order valence-corrected chi connectivity index (χ1v) is 4.47. The zero-order chi connectivity index (χ0) is 10.4. The SMILES string of the molecule is CCN(CC(C)C)C(=O)CC(=O)O. The highest BCUT2D eigenvalue weighted by Crippen LogP contribution is 2.00. The lowest BCUT2D eigenvalue weighted by Crippen LogP contribution is -2.35. The summed E-state index contributed by atoms with van der Waals surface area (Å²) >= 11 is 0. The molecule has 4 heteroatoms. The van der Waals surface area contributed by atoms with Crippen molar-refractivity contribution in [3.8, 4) is 0 Å². The van der Waals surface area contributed by atoms with Crippen LogP contribution in [0.2, 0.25) is 0 Å². The summed E-state index contributed by atoms with van der Waals surface area (Å²) in [5.74, 6) is -0.992. The quantitative estimate of drug-likeness (QED) is 0.652. The van der Waals surface area contributed by atoms with Gasteiger partial charge in [0.15, 0.2) is 0 Å². The van der Waals surface area contributed by atoms with Crippen molar-refractivity contribution < 1.29 is 14.7 Å². The summed E-state index contributed by atoms with van der Waals surface area (Å²) < 4.78 is 0. The van der Waals surface area contributed by atoms with Gasteiger partial charge in [-0.15, -0.1) is 0 Å². The minimum atomic E-state index is -1.06. The number of aliphatic carboxylic acids is 1. The fourth-order valence-corrected chi connectivity index (χ4v) is 1.09. The Morgan fingerprint density at radius 3 is 2.23 bits per heavy atom. The van der Waals surface area contributed by atoms with Crippen LogP contribution in [-0.4, -0.2) is 35.0 Å². The second kappa shape index (κ2) is 5.56. The summed E-state index contributed by atoms with van der Waals surface area (Å²) in [6.07, 6.45) is -0.402. The van der Waals surface area contributed by atoms with Gasteiger partial charge in [0.1, 0.15) is 6.42 Å². The maximum atomic E-state index is 11.3. The molecule has 0 heterocycles. The second-order valence-electron chi connectivity index (χ2n) is 3.40. The van der Waals surface area contributed by atoms with Gasteiger partial charge in [-0.05, 0) is 12.8 Å². The van der Waals surface area contributed by atoms with E-state index in [1.54, 1.807) is 4.90 Å². The summed E-state index contributed by atoms with van der Waals surface area (Å²) in [5, 5.41) is 8.41. The Balaban J connectivity index is 4.07. The maximum absolute atomic E-state index is 11.3. The molecule has 0 saturated heterocycles. The van der Waals surface area contributed by atoms with E-state index in [0.29, 0.717) is 19.0 Å². The van der Waals surface area contributed by atoms with Crippen LogP contribution in [0.5, 0.6) is 0 Å². The van der Waals surface area contributed by atoms with Crippen LogP contribution in [0.15, 0.2) is 0 Å². The maximum Gasteiger partial charge on any atom is 0.312 e. The van der Waals surface area contributed by atoms with Crippen LogP contribution in [-0.2, 0) is 9.59 Å². The molecule has 0 spiro atoms. The fourth-order valence-electron chi connectivity index (χ4n) is 1.09. The molecule has 1 N–H and O–H groups in total. The minimum absolute atomic E-state index is 0.302. The van der Waals surface area contributed by atoms with Gasteiger partial charge in [-0.1, -0.05) is 13.8 Å². The van der Waals surface area contributed by atoms with Gasteiger partial charge in [-0.3, -0.25) is 9.59 Å². The molecule has 13 heavy (non-hydrogen) atoms. The Hall–Kier alpha value is -1.06. The molecular weight excluding hydrogens is 170 g/mol. The van der Waals surface area contributed by atoms with E-state index in [1.165, 1.54) is 0 Å². The third-order valence-corrected chi connectivity index (χ3v) is 1.62. The molecule has 0 saturated carbocycles. The van der Waals surface area contributed by atoms with Crippen LogP contribution >= 0.6 is 0 Å². The van der Waals surface area contributed by atoms with Crippen LogP contribution < -0.4 is 0 Å². The minimum Gasteiger partial charge on any atom is -0.481 e. The van der Waals surface area contributed by atoms with Gasteiger partial charge in [0.2, 0.25) is 5.91 Å². The van der Waals surface area contributed by atoms with E-state index in [-0.39, 0.29) is 5.91 Å². The highest BCUT2D eigenvalue weighted by atomic mass is 16.4. The van der Waals surface area contributed by atoms with Crippen molar-refractivity contribution in [3.05, 3.63) is 0 Å². The van der Waals surface area contributed by atoms with Gasteiger partial charge in [0.05, 0.1) is 0 Å². The number of carbonyl (C=O) groups excluding carboxylic acids is 1. The van der Waals surface area contributed by atoms with Crippen LogP contribution in [0, 0.1) is 5.92 Å². The van der Waals surface area contributed by atoms with Crippen LogP contribution in [0.4, 0.5) is 0 Å². The van der Waals surface area contributed by atoms with E-state index in [2.05, 4.69) is 0 Å². The highest BCUT2D eigenvalue weighted by Gasteiger charge is 2.15. The molecule has 0 unspecified atom stereocenters. The smallest absolute Gasteiger partial charge is 0.312 e. The molecule has 0 rings (SSSR count). The van der Waals surface area contributed by atoms with Gasteiger partial charge in [-0.2, -0.15) is 0 Å². The van der Waals surface area contributed by atoms with Crippen molar-refractivity contribution in [1.29, 1.82) is 0 Å². The number of hydrogen-bond donors (Lipinski definition) is 1. The van der Waals surface area contributed by atoms with Gasteiger partial charge in [-0.25, -0.2) is 0 Å². The zero-order valence-electron chi connectivity index (χ0n) is 8.41. The average Bonchev–Trinajstić information content (AvgIpc) is 1.98. The molecule has 0 atom stereocenters. The van der Waals surface area contributed by atoms with E-state index in [9.17, 15) is 9.59 Å². The first-order valence-electron chi connectivity index (χ1n) is 4.47. The normalized spacial score (nSPS) is 10.2. The molecule has 0 aliphatic heterocycles. The molecule has 0 aliphatic carbocycles. The zero-order valence-corrected chi connectivity index (χ0v) is 8.41. The number of carboxylic acids is 1. The van der Waals surface area contributed by atoms with E-state index < -0.39 is 12.4 Å². The number of amides is 1. The first-order chi connectivity index (χ1) is 5.97. The van der Waals surface area contributed by atoms with Crippen LogP contribution in [0.3, 0.4) is 0 Å². The van der Waals surface area contributed by atoms with Crippen molar-refractivity contribution in [2.24, 2.45) is 5.92 Å². The molecule has 0 bridgehead atoms. The number of nitrogens with zero attached hydrogens (tertiary/aromatic N) is 1. The van der Waals surface area contributed by atoms with Crippen LogP contribution in [0.25, 0.3) is 0 Å². The van der Waals surface area contributed by atoms with Crippen molar-refractivity contribution >= 4 is 11.9 Å². The Morgan fingerprint density at radius 2 is 1.92 bits per heavy atom. The molecule has 0 aliphatic rings. The Kier molecular flexibility index (Phi) is 5.11. The van der Waals surface area contributed by atoms with Gasteiger partial charge >= 0.3 is 5.97 Å². The lowest BCUT2D eigenvalue weighted by molar-refractivity contribution is -0.144. The summed E-state index contributed by atoms with van der Waals surface area (Å²) in [7, 11) is 0. The number of carbonyl (C=O) groups is 2. The molecule has 0 aromatic carbocycles. The van der Waals surface area contributed by atoms with Crippen LogP contribution in [0.1, 0.15) is 27.2 Å². The average molecular weight is 187 g/mol. The largest absolute Gasteiger partial charge is 0.481 e. The third kappa shape index (κ3) is 5.22. The van der Waals surface area contributed by atoms with E-state index >= 15 is 0 Å². The lowest BCUT2D eigenvalue weighted by atomic mass is 10.2. The Bertz CT molecular complexity index is 189. The summed E-state index contributed by atoms with van der Waals surface area (Å²) in [6, 6.07) is 0. The summed E-state index contributed by atoms with van der Waals surface area (Å²) in [4.78, 5) is 23.1. The standard InChI is InChI=1S/C9H17NO3/c1-4-10(6-7(2)3)8(11)5-9(12)13/h7H,4-6H2,1-3H3,(H,12,13). The molecular formula is C9H17NO3. The predicted molar refractivity (Wildman–Crippen MR) is 49.3 cm³/mol. The van der Waals surface area contributed by atoms with Crippen molar-refractivity contribution in [2.75, 3.05) is 13.1 Å². The predicted octanol–water partition coefficient (Wildman–Crippen LogP) is 0.966. The molecule has 4 nitrogen and oxygen atoms in total.